The van der Waals surface area contributed by atoms with Gasteiger partial charge in [0.05, 0.1) is 5.56 Å². The summed E-state index contributed by atoms with van der Waals surface area (Å²) >= 11 is 1.90. The molecule has 0 aliphatic heterocycles. The number of nitrogens with one attached hydrogen (secondary N) is 1. The van der Waals surface area contributed by atoms with Gasteiger partial charge in [0.15, 0.2) is 0 Å². The summed E-state index contributed by atoms with van der Waals surface area (Å²) in [7, 11) is 0. The van der Waals surface area contributed by atoms with Gasteiger partial charge in [0, 0.05) is 3.57 Å². The summed E-state index contributed by atoms with van der Waals surface area (Å²) in [6.45, 7) is 3.38. The van der Waals surface area contributed by atoms with Crippen LogP contribution >= 0.6 is 22.6 Å². The third kappa shape index (κ3) is 3.66. The minimum absolute atomic E-state index is 0.141. The van der Waals surface area contributed by atoms with E-state index in [-0.39, 0.29) is 11.5 Å². The number of aliphatic carboxylic acids is 1. The quantitative estimate of drug-likeness (QED) is 0.805. The number of carboxylic acids is 1. The van der Waals surface area contributed by atoms with E-state index in [2.05, 4.69) is 5.32 Å². The van der Waals surface area contributed by atoms with E-state index in [0.29, 0.717) is 3.57 Å². The van der Waals surface area contributed by atoms with E-state index in [4.69, 9.17) is 5.11 Å². The smallest absolute Gasteiger partial charge is 0.326 e. The maximum atomic E-state index is 13.1. The monoisotopic (exact) mass is 365 g/mol. The number of benzene rings is 1. The number of amides is 1. The minimum Gasteiger partial charge on any atom is -0.480 e. The SMILES string of the molecule is CC(C)[C@@H](NC(=O)c1cc(F)ccc1I)C(=O)O. The molecule has 0 saturated heterocycles. The Balaban J connectivity index is 2.94. The van der Waals surface area contributed by atoms with Crippen molar-refractivity contribution in [3.63, 3.8) is 0 Å². The molecule has 0 unspecified atom stereocenters. The van der Waals surface area contributed by atoms with E-state index in [1.54, 1.807) is 13.8 Å². The molecule has 0 radical (unpaired) electrons. The summed E-state index contributed by atoms with van der Waals surface area (Å²) in [6.07, 6.45) is 0. The van der Waals surface area contributed by atoms with Crippen LogP contribution in [0.15, 0.2) is 18.2 Å². The number of carboxylic acid groups (broad SMARTS) is 1. The first-order chi connectivity index (χ1) is 8.32. The molecule has 0 bridgehead atoms. The molecule has 0 fully saturated rings. The number of hydrogen-bond donors (Lipinski definition) is 2. The van der Waals surface area contributed by atoms with Crippen LogP contribution in [0.4, 0.5) is 4.39 Å². The van der Waals surface area contributed by atoms with Gasteiger partial charge in [-0.05, 0) is 46.7 Å². The fraction of sp³-hybridized carbons (Fsp3) is 0.333. The molecule has 98 valence electrons. The number of hydrogen-bond acceptors (Lipinski definition) is 2. The van der Waals surface area contributed by atoms with E-state index >= 15 is 0 Å². The average Bonchev–Trinajstić information content (AvgIpc) is 2.28. The van der Waals surface area contributed by atoms with Gasteiger partial charge in [0.1, 0.15) is 11.9 Å². The second-order valence-electron chi connectivity index (χ2n) is 4.16. The van der Waals surface area contributed by atoms with Crippen molar-refractivity contribution in [1.29, 1.82) is 0 Å². The number of carbonyl (C=O) groups excluding carboxylic acids is 1. The van der Waals surface area contributed by atoms with Crippen molar-refractivity contribution in [2.45, 2.75) is 19.9 Å². The topological polar surface area (TPSA) is 66.4 Å². The first kappa shape index (κ1) is 14.9. The van der Waals surface area contributed by atoms with Crippen LogP contribution < -0.4 is 5.32 Å². The van der Waals surface area contributed by atoms with Gasteiger partial charge in [0.25, 0.3) is 5.91 Å². The van der Waals surface area contributed by atoms with Crippen LogP contribution in [0, 0.1) is 15.3 Å². The average molecular weight is 365 g/mol. The van der Waals surface area contributed by atoms with Crippen LogP contribution in [0.3, 0.4) is 0 Å². The van der Waals surface area contributed by atoms with E-state index in [1.165, 1.54) is 12.1 Å². The summed E-state index contributed by atoms with van der Waals surface area (Å²) in [5.41, 5.74) is 0.141. The molecule has 1 amide bonds. The summed E-state index contributed by atoms with van der Waals surface area (Å²) in [6, 6.07) is 2.82. The van der Waals surface area contributed by atoms with E-state index in [1.807, 2.05) is 22.6 Å². The van der Waals surface area contributed by atoms with E-state index < -0.39 is 23.7 Å². The molecule has 0 aliphatic rings. The number of carbonyl (C=O) groups is 2. The van der Waals surface area contributed by atoms with Crippen LogP contribution in [0.25, 0.3) is 0 Å². The fourth-order valence-corrected chi connectivity index (χ4v) is 1.98. The van der Waals surface area contributed by atoms with Crippen LogP contribution in [0.2, 0.25) is 0 Å². The normalized spacial score (nSPS) is 12.3. The van der Waals surface area contributed by atoms with Crippen molar-refractivity contribution in [3.8, 4) is 0 Å². The Labute approximate surface area is 118 Å². The Hall–Kier alpha value is -1.18. The Kier molecular flexibility index (Phi) is 5.06. The highest BCUT2D eigenvalue weighted by Gasteiger charge is 2.24. The lowest BCUT2D eigenvalue weighted by molar-refractivity contribution is -0.140. The Morgan fingerprint density at radius 1 is 1.39 bits per heavy atom. The van der Waals surface area contributed by atoms with E-state index in [9.17, 15) is 14.0 Å². The Bertz CT molecular complexity index is 476. The van der Waals surface area contributed by atoms with Gasteiger partial charge in [0.2, 0.25) is 0 Å². The second-order valence-corrected chi connectivity index (χ2v) is 5.32. The third-order valence-corrected chi connectivity index (χ3v) is 3.33. The van der Waals surface area contributed by atoms with Crippen molar-refractivity contribution in [2.24, 2.45) is 5.92 Å². The molecule has 1 aromatic rings. The molecule has 0 aromatic heterocycles. The molecule has 6 heteroatoms. The molecule has 0 saturated carbocycles. The van der Waals surface area contributed by atoms with Crippen LogP contribution in [-0.2, 0) is 4.79 Å². The summed E-state index contributed by atoms with van der Waals surface area (Å²) < 4.78 is 13.6. The number of rotatable bonds is 4. The zero-order valence-electron chi connectivity index (χ0n) is 9.91. The predicted octanol–water partition coefficient (Wildman–Crippen LogP) is 2.27. The molecule has 1 rings (SSSR count). The summed E-state index contributed by atoms with van der Waals surface area (Å²) in [5, 5.41) is 11.4. The maximum absolute atomic E-state index is 13.1. The zero-order valence-corrected chi connectivity index (χ0v) is 12.1. The third-order valence-electron chi connectivity index (χ3n) is 2.39. The molecule has 2 N–H and O–H groups in total. The predicted molar refractivity (Wildman–Crippen MR) is 72.8 cm³/mol. The van der Waals surface area contributed by atoms with Gasteiger partial charge in [-0.1, -0.05) is 13.8 Å². The minimum atomic E-state index is -1.11. The standard InChI is InChI=1S/C12H13FINO3/c1-6(2)10(12(17)18)15-11(16)8-5-7(13)3-4-9(8)14/h3-6,10H,1-2H3,(H,15,16)(H,17,18)/t10-/m1/s1. The maximum Gasteiger partial charge on any atom is 0.326 e. The highest BCUT2D eigenvalue weighted by atomic mass is 127. The van der Waals surface area contributed by atoms with Gasteiger partial charge in [-0.3, -0.25) is 4.79 Å². The van der Waals surface area contributed by atoms with Gasteiger partial charge in [-0.2, -0.15) is 0 Å². The molecule has 1 atom stereocenters. The van der Waals surface area contributed by atoms with Gasteiger partial charge in [-0.15, -0.1) is 0 Å². The van der Waals surface area contributed by atoms with Crippen LogP contribution in [-0.4, -0.2) is 23.0 Å². The second kappa shape index (κ2) is 6.12. The van der Waals surface area contributed by atoms with Crippen molar-refractivity contribution >= 4 is 34.5 Å². The molecular formula is C12H13FINO3. The highest BCUT2D eigenvalue weighted by Crippen LogP contribution is 2.14. The molecule has 18 heavy (non-hydrogen) atoms. The lowest BCUT2D eigenvalue weighted by atomic mass is 10.0. The van der Waals surface area contributed by atoms with Crippen LogP contribution in [0.5, 0.6) is 0 Å². The molecule has 4 nitrogen and oxygen atoms in total. The first-order valence-electron chi connectivity index (χ1n) is 5.31. The van der Waals surface area contributed by atoms with Crippen LogP contribution in [0.1, 0.15) is 24.2 Å². The van der Waals surface area contributed by atoms with Gasteiger partial charge >= 0.3 is 5.97 Å². The first-order valence-corrected chi connectivity index (χ1v) is 6.39. The lowest BCUT2D eigenvalue weighted by Crippen LogP contribution is -2.44. The molecular weight excluding hydrogens is 352 g/mol. The van der Waals surface area contributed by atoms with E-state index in [0.717, 1.165) is 6.07 Å². The van der Waals surface area contributed by atoms with Crippen molar-refractivity contribution in [3.05, 3.63) is 33.1 Å². The zero-order chi connectivity index (χ0) is 13.9. The summed E-state index contributed by atoms with van der Waals surface area (Å²) in [4.78, 5) is 22.9. The largest absolute Gasteiger partial charge is 0.480 e. The Morgan fingerprint density at radius 3 is 2.50 bits per heavy atom. The Morgan fingerprint density at radius 2 is 2.00 bits per heavy atom. The fourth-order valence-electron chi connectivity index (χ4n) is 1.40. The molecule has 0 aliphatic carbocycles. The van der Waals surface area contributed by atoms with Crippen molar-refractivity contribution < 1.29 is 19.1 Å². The number of halogens is 2. The molecule has 0 spiro atoms. The van der Waals surface area contributed by atoms with Crippen molar-refractivity contribution in [2.75, 3.05) is 0 Å². The summed E-state index contributed by atoms with van der Waals surface area (Å²) in [5.74, 6) is -2.47. The van der Waals surface area contributed by atoms with Gasteiger partial charge < -0.3 is 10.4 Å². The molecule has 0 heterocycles. The highest BCUT2D eigenvalue weighted by molar-refractivity contribution is 14.1. The van der Waals surface area contributed by atoms with Crippen molar-refractivity contribution in [1.82, 2.24) is 5.32 Å². The van der Waals surface area contributed by atoms with Gasteiger partial charge in [-0.25, -0.2) is 9.18 Å². The molecule has 1 aromatic carbocycles. The lowest BCUT2D eigenvalue weighted by Gasteiger charge is -2.18.